The van der Waals surface area contributed by atoms with Crippen LogP contribution in [0.25, 0.3) is 0 Å². The van der Waals surface area contributed by atoms with E-state index in [1.807, 2.05) is 0 Å². The number of unbranched alkanes of at least 4 members (excludes halogenated alkanes) is 5. The molecule has 1 N–H and O–H groups in total. The molecule has 0 aromatic heterocycles. The Hall–Kier alpha value is -0.180. The molecule has 90 valence electrons. The van der Waals surface area contributed by atoms with Crippen LogP contribution in [0, 0.1) is 0 Å². The van der Waals surface area contributed by atoms with Crippen molar-refractivity contribution in [1.29, 1.82) is 0 Å². The molecule has 0 aromatic rings. The van der Waals surface area contributed by atoms with Crippen LogP contribution in [0.4, 0.5) is 0 Å². The third kappa shape index (κ3) is 11.7. The van der Waals surface area contributed by atoms with Gasteiger partial charge in [-0.25, -0.2) is 0 Å². The van der Waals surface area contributed by atoms with E-state index in [2.05, 4.69) is 24.9 Å². The lowest BCUT2D eigenvalue weighted by Crippen LogP contribution is -2.24. The summed E-state index contributed by atoms with van der Waals surface area (Å²) in [6.07, 6.45) is 9.15. The van der Waals surface area contributed by atoms with Crippen LogP contribution in [-0.4, -0.2) is 18.2 Å². The number of amides is 1. The summed E-state index contributed by atoms with van der Waals surface area (Å²) in [4.78, 5) is 11.2. The van der Waals surface area contributed by atoms with Crippen molar-refractivity contribution in [2.75, 3.05) is 12.3 Å². The normalized spacial score (nSPS) is 10.3. The van der Waals surface area contributed by atoms with Gasteiger partial charge < -0.3 is 5.32 Å². The van der Waals surface area contributed by atoms with E-state index in [0.29, 0.717) is 6.42 Å². The Kier molecular flexibility index (Phi) is 11.7. The molecule has 0 rings (SSSR count). The van der Waals surface area contributed by atoms with E-state index < -0.39 is 0 Å². The molecule has 0 fully saturated rings. The SMILES string of the molecule is CCCCCCCCNC(=O)CCCS. The van der Waals surface area contributed by atoms with Crippen molar-refractivity contribution in [3.05, 3.63) is 0 Å². The maximum atomic E-state index is 11.2. The number of hydrogen-bond acceptors (Lipinski definition) is 2. The topological polar surface area (TPSA) is 29.1 Å². The second kappa shape index (κ2) is 11.9. The molecule has 0 heterocycles. The van der Waals surface area contributed by atoms with E-state index in [-0.39, 0.29) is 5.91 Å². The zero-order valence-electron chi connectivity index (χ0n) is 9.93. The maximum Gasteiger partial charge on any atom is 0.220 e. The van der Waals surface area contributed by atoms with E-state index in [0.717, 1.165) is 25.1 Å². The van der Waals surface area contributed by atoms with Crippen molar-refractivity contribution in [3.63, 3.8) is 0 Å². The monoisotopic (exact) mass is 231 g/mol. The van der Waals surface area contributed by atoms with Crippen molar-refractivity contribution in [3.8, 4) is 0 Å². The standard InChI is InChI=1S/C12H25NOS/c1-2-3-4-5-6-7-10-13-12(14)9-8-11-15/h15H,2-11H2,1H3,(H,13,14). The van der Waals surface area contributed by atoms with Gasteiger partial charge in [-0.15, -0.1) is 0 Å². The Balaban J connectivity index is 3.06. The smallest absolute Gasteiger partial charge is 0.220 e. The zero-order chi connectivity index (χ0) is 11.4. The van der Waals surface area contributed by atoms with Crippen molar-refractivity contribution >= 4 is 18.5 Å². The maximum absolute atomic E-state index is 11.2. The van der Waals surface area contributed by atoms with Gasteiger partial charge in [0.2, 0.25) is 5.91 Å². The molecular weight excluding hydrogens is 206 g/mol. The van der Waals surface area contributed by atoms with E-state index in [1.165, 1.54) is 32.1 Å². The molecule has 0 radical (unpaired) electrons. The molecule has 15 heavy (non-hydrogen) atoms. The van der Waals surface area contributed by atoms with Gasteiger partial charge in [0.25, 0.3) is 0 Å². The summed E-state index contributed by atoms with van der Waals surface area (Å²) in [5.74, 6) is 0.974. The van der Waals surface area contributed by atoms with Gasteiger partial charge in [0.15, 0.2) is 0 Å². The summed E-state index contributed by atoms with van der Waals surface area (Å²) in [7, 11) is 0. The lowest BCUT2D eigenvalue weighted by atomic mass is 10.1. The molecular formula is C12H25NOS. The van der Waals surface area contributed by atoms with E-state index in [4.69, 9.17) is 0 Å². The second-order valence-corrected chi connectivity index (χ2v) is 4.39. The Morgan fingerprint density at radius 3 is 2.40 bits per heavy atom. The van der Waals surface area contributed by atoms with Crippen LogP contribution >= 0.6 is 12.6 Å². The largest absolute Gasteiger partial charge is 0.356 e. The molecule has 0 bridgehead atoms. The number of nitrogens with one attached hydrogen (secondary N) is 1. The Bertz CT molecular complexity index is 151. The van der Waals surface area contributed by atoms with Crippen LogP contribution in [-0.2, 0) is 4.79 Å². The van der Waals surface area contributed by atoms with Crippen LogP contribution in [0.1, 0.15) is 58.3 Å². The average Bonchev–Trinajstić information content (AvgIpc) is 2.25. The first-order valence-corrected chi connectivity index (χ1v) is 6.82. The number of hydrogen-bond donors (Lipinski definition) is 2. The van der Waals surface area contributed by atoms with E-state index in [9.17, 15) is 4.79 Å². The van der Waals surface area contributed by atoms with Crippen LogP contribution in [0.5, 0.6) is 0 Å². The Morgan fingerprint density at radius 2 is 1.73 bits per heavy atom. The highest BCUT2D eigenvalue weighted by Gasteiger charge is 1.98. The average molecular weight is 231 g/mol. The third-order valence-corrected chi connectivity index (χ3v) is 2.73. The summed E-state index contributed by atoms with van der Waals surface area (Å²) in [5, 5.41) is 2.94. The minimum absolute atomic E-state index is 0.178. The Morgan fingerprint density at radius 1 is 1.07 bits per heavy atom. The summed E-state index contributed by atoms with van der Waals surface area (Å²) >= 11 is 4.07. The summed E-state index contributed by atoms with van der Waals surface area (Å²) in [5.41, 5.74) is 0. The van der Waals surface area contributed by atoms with Crippen molar-refractivity contribution in [2.45, 2.75) is 58.3 Å². The molecule has 0 aliphatic rings. The van der Waals surface area contributed by atoms with Gasteiger partial charge in [-0.1, -0.05) is 39.0 Å². The fourth-order valence-corrected chi connectivity index (χ4v) is 1.62. The predicted octanol–water partition coefficient (Wildman–Crippen LogP) is 3.17. The van der Waals surface area contributed by atoms with Gasteiger partial charge in [0.1, 0.15) is 0 Å². The molecule has 2 nitrogen and oxygen atoms in total. The molecule has 0 aromatic carbocycles. The van der Waals surface area contributed by atoms with Gasteiger partial charge in [-0.3, -0.25) is 4.79 Å². The lowest BCUT2D eigenvalue weighted by molar-refractivity contribution is -0.121. The van der Waals surface area contributed by atoms with Gasteiger partial charge in [0, 0.05) is 13.0 Å². The summed E-state index contributed by atoms with van der Waals surface area (Å²) in [6.45, 7) is 3.07. The van der Waals surface area contributed by atoms with Crippen LogP contribution in [0.2, 0.25) is 0 Å². The molecule has 0 saturated heterocycles. The molecule has 0 saturated carbocycles. The number of carbonyl (C=O) groups excluding carboxylic acids is 1. The van der Waals surface area contributed by atoms with Gasteiger partial charge >= 0.3 is 0 Å². The third-order valence-electron chi connectivity index (χ3n) is 2.41. The first kappa shape index (κ1) is 14.8. The highest BCUT2D eigenvalue weighted by molar-refractivity contribution is 7.80. The van der Waals surface area contributed by atoms with Crippen LogP contribution < -0.4 is 5.32 Å². The summed E-state index contributed by atoms with van der Waals surface area (Å²) < 4.78 is 0. The molecule has 3 heteroatoms. The second-order valence-electron chi connectivity index (χ2n) is 3.94. The fraction of sp³-hybridized carbons (Fsp3) is 0.917. The number of rotatable bonds is 10. The highest BCUT2D eigenvalue weighted by Crippen LogP contribution is 2.04. The lowest BCUT2D eigenvalue weighted by Gasteiger charge is -2.04. The van der Waals surface area contributed by atoms with E-state index >= 15 is 0 Å². The highest BCUT2D eigenvalue weighted by atomic mass is 32.1. The van der Waals surface area contributed by atoms with Crippen molar-refractivity contribution in [2.24, 2.45) is 0 Å². The molecule has 0 aliphatic heterocycles. The first-order chi connectivity index (χ1) is 7.31. The van der Waals surface area contributed by atoms with Gasteiger partial charge in [0.05, 0.1) is 0 Å². The molecule has 0 spiro atoms. The Labute approximate surface area is 99.6 Å². The predicted molar refractivity (Wildman–Crippen MR) is 69.5 cm³/mol. The van der Waals surface area contributed by atoms with Crippen molar-refractivity contribution < 1.29 is 4.79 Å². The minimum atomic E-state index is 0.178. The van der Waals surface area contributed by atoms with E-state index in [1.54, 1.807) is 0 Å². The zero-order valence-corrected chi connectivity index (χ0v) is 10.8. The summed E-state index contributed by atoms with van der Waals surface area (Å²) in [6, 6.07) is 0. The van der Waals surface area contributed by atoms with Gasteiger partial charge in [-0.2, -0.15) is 12.6 Å². The van der Waals surface area contributed by atoms with Crippen LogP contribution in [0.3, 0.4) is 0 Å². The van der Waals surface area contributed by atoms with Crippen LogP contribution in [0.15, 0.2) is 0 Å². The molecule has 0 atom stereocenters. The molecule has 1 amide bonds. The molecule has 0 unspecified atom stereocenters. The quantitative estimate of drug-likeness (QED) is 0.439. The first-order valence-electron chi connectivity index (χ1n) is 6.18. The minimum Gasteiger partial charge on any atom is -0.356 e. The fourth-order valence-electron chi connectivity index (χ4n) is 1.46. The van der Waals surface area contributed by atoms with Crippen molar-refractivity contribution in [1.82, 2.24) is 5.32 Å². The number of carbonyl (C=O) groups is 1. The molecule has 0 aliphatic carbocycles. The number of thiol groups is 1. The van der Waals surface area contributed by atoms with Gasteiger partial charge in [-0.05, 0) is 18.6 Å².